The highest BCUT2D eigenvalue weighted by molar-refractivity contribution is 7.21. The van der Waals surface area contributed by atoms with Crippen LogP contribution in [0.15, 0.2) is 12.3 Å². The van der Waals surface area contributed by atoms with E-state index in [1.54, 1.807) is 33.0 Å². The number of anilines is 3. The number of nitrogen functional groups attached to an aromatic ring is 1. The average Bonchev–Trinajstić information content (AvgIpc) is 3.39. The maximum atomic E-state index is 13.5. The summed E-state index contributed by atoms with van der Waals surface area (Å²) in [5.74, 6) is -4.83. The fourth-order valence-electron chi connectivity index (χ4n) is 4.23. The van der Waals surface area contributed by atoms with E-state index in [1.807, 2.05) is 5.32 Å². The van der Waals surface area contributed by atoms with Gasteiger partial charge in [0, 0.05) is 12.2 Å². The van der Waals surface area contributed by atoms with Gasteiger partial charge in [0.1, 0.15) is 16.3 Å². The fraction of sp³-hybridized carbons (Fsp3) is 0.545. The number of hydrogen-bond acceptors (Lipinski definition) is 9. The third-order valence-corrected chi connectivity index (χ3v) is 7.33. The number of nitrogens with zero attached hydrogens (tertiary/aromatic N) is 4. The van der Waals surface area contributed by atoms with Crippen molar-refractivity contribution in [3.05, 3.63) is 18.0 Å². The van der Waals surface area contributed by atoms with Gasteiger partial charge in [-0.3, -0.25) is 0 Å². The number of pyridine rings is 1. The molecule has 3 aromatic rings. The zero-order chi connectivity index (χ0) is 26.5. The van der Waals surface area contributed by atoms with Crippen molar-refractivity contribution in [3.8, 4) is 10.6 Å². The number of nitrogens with one attached hydrogen (secondary N) is 2. The number of halogens is 5. The van der Waals surface area contributed by atoms with Crippen molar-refractivity contribution in [1.82, 2.24) is 19.9 Å². The third-order valence-electron chi connectivity index (χ3n) is 6.30. The standard InChI is InChI=1S/C22H26F5N7OS/c1-10-14(18-33-15-13(36-18)6-7-29-16(15)28)17(32-12-5-4-11(8-12)20(2,3)35)34-19(31-10)30-9-21(23,24)22(25,26)27/h6-7,11-12,35H,4-5,8-9H2,1-3H3,(H2,28,29)(H2,30,31,32,34). The Kier molecular flexibility index (Phi) is 6.71. The summed E-state index contributed by atoms with van der Waals surface area (Å²) in [4.78, 5) is 17.0. The largest absolute Gasteiger partial charge is 0.455 e. The molecule has 0 bridgehead atoms. The van der Waals surface area contributed by atoms with Crippen molar-refractivity contribution in [2.75, 3.05) is 22.9 Å². The van der Waals surface area contributed by atoms with E-state index < -0.39 is 24.2 Å². The van der Waals surface area contributed by atoms with Crippen LogP contribution in [0.4, 0.5) is 39.5 Å². The molecule has 0 saturated heterocycles. The minimum absolute atomic E-state index is 0.0257. The smallest absolute Gasteiger partial charge is 0.390 e. The molecule has 1 fully saturated rings. The Morgan fingerprint density at radius 1 is 1.14 bits per heavy atom. The number of alkyl halides is 5. The molecule has 3 heterocycles. The van der Waals surface area contributed by atoms with E-state index >= 15 is 0 Å². The SMILES string of the molecule is Cc1nc(NCC(F)(F)C(F)(F)F)nc(NC2CCC(C(C)(C)O)C2)c1-c1nc2c(N)nccc2s1. The van der Waals surface area contributed by atoms with Gasteiger partial charge in [-0.05, 0) is 52.0 Å². The van der Waals surface area contributed by atoms with Crippen molar-refractivity contribution in [2.45, 2.75) is 63.8 Å². The van der Waals surface area contributed by atoms with Gasteiger partial charge in [0.2, 0.25) is 5.95 Å². The number of aromatic nitrogens is 4. The van der Waals surface area contributed by atoms with Crippen molar-refractivity contribution >= 4 is 39.1 Å². The van der Waals surface area contributed by atoms with E-state index in [0.29, 0.717) is 34.6 Å². The van der Waals surface area contributed by atoms with E-state index in [0.717, 1.165) is 11.1 Å². The van der Waals surface area contributed by atoms with Gasteiger partial charge in [-0.1, -0.05) is 0 Å². The Morgan fingerprint density at radius 3 is 2.47 bits per heavy atom. The van der Waals surface area contributed by atoms with Crippen molar-refractivity contribution in [1.29, 1.82) is 0 Å². The third kappa shape index (κ3) is 5.28. The monoisotopic (exact) mass is 531 g/mol. The minimum Gasteiger partial charge on any atom is -0.390 e. The van der Waals surface area contributed by atoms with Crippen molar-refractivity contribution in [3.63, 3.8) is 0 Å². The molecule has 196 valence electrons. The number of nitrogens with two attached hydrogens (primary N) is 1. The molecule has 1 aliphatic carbocycles. The van der Waals surface area contributed by atoms with Crippen LogP contribution < -0.4 is 16.4 Å². The molecule has 2 unspecified atom stereocenters. The Balaban J connectivity index is 1.71. The lowest BCUT2D eigenvalue weighted by Crippen LogP contribution is -2.42. The topological polar surface area (TPSA) is 122 Å². The maximum absolute atomic E-state index is 13.5. The molecule has 0 aromatic carbocycles. The second-order valence-electron chi connectivity index (χ2n) is 9.48. The summed E-state index contributed by atoms with van der Waals surface area (Å²) < 4.78 is 65.6. The summed E-state index contributed by atoms with van der Waals surface area (Å²) in [6.45, 7) is 3.37. The lowest BCUT2D eigenvalue weighted by molar-refractivity contribution is -0.275. The van der Waals surface area contributed by atoms with Crippen LogP contribution in [0.1, 0.15) is 38.8 Å². The molecule has 3 aromatic heterocycles. The summed E-state index contributed by atoms with van der Waals surface area (Å²) >= 11 is 1.30. The van der Waals surface area contributed by atoms with Crippen LogP contribution in [0.25, 0.3) is 20.8 Å². The molecule has 36 heavy (non-hydrogen) atoms. The summed E-state index contributed by atoms with van der Waals surface area (Å²) in [5.41, 5.74) is 6.35. The van der Waals surface area contributed by atoms with E-state index in [2.05, 4.69) is 25.3 Å². The molecular formula is C22H26F5N7OS. The molecule has 2 atom stereocenters. The van der Waals surface area contributed by atoms with E-state index in [9.17, 15) is 27.1 Å². The zero-order valence-corrected chi connectivity index (χ0v) is 20.6. The normalized spacial score (nSPS) is 19.1. The van der Waals surface area contributed by atoms with Gasteiger partial charge in [-0.15, -0.1) is 11.3 Å². The van der Waals surface area contributed by atoms with Crippen molar-refractivity contribution in [2.24, 2.45) is 5.92 Å². The molecule has 0 radical (unpaired) electrons. The first-order valence-electron chi connectivity index (χ1n) is 11.2. The first-order chi connectivity index (χ1) is 16.7. The Hall–Kier alpha value is -2.87. The number of thiazole rings is 1. The number of hydrogen-bond donors (Lipinski definition) is 4. The minimum atomic E-state index is -5.71. The van der Waals surface area contributed by atoms with Gasteiger partial charge in [-0.25, -0.2) is 15.0 Å². The molecule has 1 aliphatic rings. The number of aliphatic hydroxyl groups is 1. The second kappa shape index (κ2) is 9.21. The van der Waals surface area contributed by atoms with Crippen LogP contribution in [0, 0.1) is 12.8 Å². The number of aryl methyl sites for hydroxylation is 1. The van der Waals surface area contributed by atoms with Crippen LogP contribution in [0.2, 0.25) is 0 Å². The average molecular weight is 532 g/mol. The number of rotatable bonds is 7. The van der Waals surface area contributed by atoms with Crippen LogP contribution >= 0.6 is 11.3 Å². The van der Waals surface area contributed by atoms with Gasteiger partial charge in [0.25, 0.3) is 0 Å². The lowest BCUT2D eigenvalue weighted by Gasteiger charge is -2.26. The quantitative estimate of drug-likeness (QED) is 0.314. The predicted octanol–water partition coefficient (Wildman–Crippen LogP) is 5.00. The van der Waals surface area contributed by atoms with Crippen molar-refractivity contribution < 1.29 is 27.1 Å². The van der Waals surface area contributed by atoms with Crippen LogP contribution in [-0.4, -0.2) is 55.3 Å². The van der Waals surface area contributed by atoms with Crippen LogP contribution in [-0.2, 0) is 0 Å². The van der Waals surface area contributed by atoms with E-state index in [4.69, 9.17) is 5.73 Å². The van der Waals surface area contributed by atoms with Gasteiger partial charge in [0.15, 0.2) is 5.82 Å². The summed E-state index contributed by atoms with van der Waals surface area (Å²) in [6, 6.07) is 1.64. The van der Waals surface area contributed by atoms with Crippen LogP contribution in [0.5, 0.6) is 0 Å². The summed E-state index contributed by atoms with van der Waals surface area (Å²) in [7, 11) is 0. The summed E-state index contributed by atoms with van der Waals surface area (Å²) in [6.07, 6.45) is -2.07. The maximum Gasteiger partial charge on any atom is 0.455 e. The zero-order valence-electron chi connectivity index (χ0n) is 19.7. The highest BCUT2D eigenvalue weighted by Crippen LogP contribution is 2.40. The molecule has 4 rings (SSSR count). The van der Waals surface area contributed by atoms with Crippen LogP contribution in [0.3, 0.4) is 0 Å². The van der Waals surface area contributed by atoms with Gasteiger partial charge in [-0.2, -0.15) is 26.9 Å². The Bertz CT molecular complexity index is 1260. The highest BCUT2D eigenvalue weighted by Gasteiger charge is 2.57. The number of fused-ring (bicyclic) bond motifs is 1. The molecule has 5 N–H and O–H groups in total. The second-order valence-corrected chi connectivity index (χ2v) is 10.5. The summed E-state index contributed by atoms with van der Waals surface area (Å²) in [5, 5.41) is 16.2. The predicted molar refractivity (Wildman–Crippen MR) is 128 cm³/mol. The first kappa shape index (κ1) is 26.2. The van der Waals surface area contributed by atoms with Gasteiger partial charge >= 0.3 is 12.1 Å². The molecule has 0 aliphatic heterocycles. The molecular weight excluding hydrogens is 505 g/mol. The lowest BCUT2D eigenvalue weighted by atomic mass is 9.89. The van der Waals surface area contributed by atoms with E-state index in [1.165, 1.54) is 11.3 Å². The highest BCUT2D eigenvalue weighted by atomic mass is 32.1. The van der Waals surface area contributed by atoms with Gasteiger partial charge < -0.3 is 21.5 Å². The molecule has 1 saturated carbocycles. The first-order valence-corrected chi connectivity index (χ1v) is 12.0. The molecule has 8 nitrogen and oxygen atoms in total. The molecule has 0 spiro atoms. The molecule has 14 heteroatoms. The Morgan fingerprint density at radius 2 is 1.86 bits per heavy atom. The fourth-order valence-corrected chi connectivity index (χ4v) is 5.30. The Labute approximate surface area is 207 Å². The molecule has 0 amide bonds. The van der Waals surface area contributed by atoms with Gasteiger partial charge in [0.05, 0.1) is 28.1 Å². The van der Waals surface area contributed by atoms with E-state index in [-0.39, 0.29) is 29.5 Å².